The number of rotatable bonds is 9. The molecule has 214 valence electrons. The molecule has 1 aromatic heterocycles. The van der Waals surface area contributed by atoms with Gasteiger partial charge in [0.2, 0.25) is 0 Å². The normalized spacial score (nSPS) is 11.2. The lowest BCUT2D eigenvalue weighted by atomic mass is 10.1. The van der Waals surface area contributed by atoms with E-state index in [1.807, 2.05) is 25.1 Å². The Labute approximate surface area is 242 Å². The van der Waals surface area contributed by atoms with Crippen LogP contribution in [0.4, 0.5) is 27.4 Å². The summed E-state index contributed by atoms with van der Waals surface area (Å²) in [6.45, 7) is 3.61. The quantitative estimate of drug-likeness (QED) is 0.182. The Morgan fingerprint density at radius 1 is 0.881 bits per heavy atom. The van der Waals surface area contributed by atoms with Gasteiger partial charge in [-0.2, -0.15) is 0 Å². The van der Waals surface area contributed by atoms with E-state index in [9.17, 15) is 17.6 Å². The number of hydrogen-bond donors (Lipinski definition) is 3. The Morgan fingerprint density at radius 3 is 2.31 bits per heavy atom. The smallest absolute Gasteiger partial charge is 0.263 e. The van der Waals surface area contributed by atoms with Crippen LogP contribution in [0.25, 0.3) is 11.0 Å². The second kappa shape index (κ2) is 11.8. The van der Waals surface area contributed by atoms with Gasteiger partial charge in [0, 0.05) is 23.0 Å². The number of nitrogens with one attached hydrogen (secondary N) is 3. The SMILES string of the molecule is CCc1cc(Nc2nc3ccccc3nc2NS(=O)(=O)c2cccc(NC(=O)c3ccc(C)c(F)c3)c2)cc(OC)c1. The van der Waals surface area contributed by atoms with E-state index in [2.05, 4.69) is 25.3 Å². The average Bonchev–Trinajstić information content (AvgIpc) is 2.98. The summed E-state index contributed by atoms with van der Waals surface area (Å²) < 4.78 is 49.0. The maximum Gasteiger partial charge on any atom is 0.263 e. The van der Waals surface area contributed by atoms with Crippen LogP contribution in [-0.4, -0.2) is 31.4 Å². The van der Waals surface area contributed by atoms with E-state index in [4.69, 9.17) is 4.74 Å². The number of halogens is 1. The van der Waals surface area contributed by atoms with E-state index in [0.29, 0.717) is 28.0 Å². The first kappa shape index (κ1) is 28.5. The van der Waals surface area contributed by atoms with Gasteiger partial charge in [-0.25, -0.2) is 22.8 Å². The lowest BCUT2D eigenvalue weighted by molar-refractivity contribution is 0.102. The number of amides is 1. The van der Waals surface area contributed by atoms with Gasteiger partial charge in [-0.1, -0.05) is 31.2 Å². The highest BCUT2D eigenvalue weighted by Crippen LogP contribution is 2.30. The highest BCUT2D eigenvalue weighted by molar-refractivity contribution is 7.92. The topological polar surface area (TPSA) is 122 Å². The molecule has 5 rings (SSSR count). The molecule has 3 N–H and O–H groups in total. The Morgan fingerprint density at radius 2 is 1.62 bits per heavy atom. The maximum atomic E-state index is 14.0. The summed E-state index contributed by atoms with van der Waals surface area (Å²) in [5.74, 6) is -0.269. The van der Waals surface area contributed by atoms with Gasteiger partial charge in [0.25, 0.3) is 15.9 Å². The number of para-hydroxylation sites is 2. The molecule has 0 aliphatic heterocycles. The number of hydrogen-bond acceptors (Lipinski definition) is 7. The number of methoxy groups -OCH3 is 1. The number of aryl methyl sites for hydroxylation is 2. The number of benzene rings is 4. The molecule has 0 aliphatic carbocycles. The lowest BCUT2D eigenvalue weighted by Crippen LogP contribution is -2.17. The number of nitrogens with zero attached hydrogens (tertiary/aromatic N) is 2. The Bertz CT molecular complexity index is 1890. The minimum Gasteiger partial charge on any atom is -0.497 e. The largest absolute Gasteiger partial charge is 0.497 e. The first-order valence-corrected chi connectivity index (χ1v) is 14.6. The minimum absolute atomic E-state index is 0.0147. The molecule has 0 bridgehead atoms. The van der Waals surface area contributed by atoms with E-state index < -0.39 is 21.7 Å². The Hall–Kier alpha value is -5.03. The van der Waals surface area contributed by atoms with Crippen LogP contribution in [0.15, 0.2) is 89.8 Å². The third kappa shape index (κ3) is 6.31. The summed E-state index contributed by atoms with van der Waals surface area (Å²) in [6.07, 6.45) is 0.764. The monoisotopic (exact) mass is 585 g/mol. The molecule has 42 heavy (non-hydrogen) atoms. The molecule has 0 spiro atoms. The molecule has 0 unspecified atom stereocenters. The van der Waals surface area contributed by atoms with Crippen LogP contribution in [0.1, 0.15) is 28.4 Å². The Balaban J connectivity index is 1.46. The highest BCUT2D eigenvalue weighted by Gasteiger charge is 2.20. The van der Waals surface area contributed by atoms with Crippen LogP contribution >= 0.6 is 0 Å². The third-order valence-electron chi connectivity index (χ3n) is 6.51. The molecule has 0 aliphatic rings. The van der Waals surface area contributed by atoms with Crippen molar-refractivity contribution in [2.45, 2.75) is 25.2 Å². The average molecular weight is 586 g/mol. The highest BCUT2D eigenvalue weighted by atomic mass is 32.2. The van der Waals surface area contributed by atoms with Crippen molar-refractivity contribution in [2.75, 3.05) is 22.5 Å². The van der Waals surface area contributed by atoms with Gasteiger partial charge >= 0.3 is 0 Å². The molecule has 4 aromatic carbocycles. The van der Waals surface area contributed by atoms with Crippen LogP contribution < -0.4 is 20.1 Å². The number of fused-ring (bicyclic) bond motifs is 1. The molecule has 0 saturated heterocycles. The fourth-order valence-corrected chi connectivity index (χ4v) is 5.27. The number of carbonyl (C=O) groups is 1. The van der Waals surface area contributed by atoms with Crippen molar-refractivity contribution in [3.8, 4) is 5.75 Å². The summed E-state index contributed by atoms with van der Waals surface area (Å²) in [4.78, 5) is 21.7. The summed E-state index contributed by atoms with van der Waals surface area (Å²) in [5, 5.41) is 5.81. The van der Waals surface area contributed by atoms with Gasteiger partial charge in [0.15, 0.2) is 11.6 Å². The number of carbonyl (C=O) groups excluding carboxylic acids is 1. The molecule has 0 fully saturated rings. The van der Waals surface area contributed by atoms with Gasteiger partial charge in [0.1, 0.15) is 11.6 Å². The van der Waals surface area contributed by atoms with Crippen LogP contribution in [-0.2, 0) is 16.4 Å². The predicted octanol–water partition coefficient (Wildman–Crippen LogP) is 6.45. The molecule has 0 radical (unpaired) electrons. The zero-order valence-corrected chi connectivity index (χ0v) is 23.9. The number of anilines is 4. The second-order valence-corrected chi connectivity index (χ2v) is 11.2. The van der Waals surface area contributed by atoms with Crippen LogP contribution in [0.2, 0.25) is 0 Å². The molecule has 11 heteroatoms. The van der Waals surface area contributed by atoms with Gasteiger partial charge < -0.3 is 15.4 Å². The van der Waals surface area contributed by atoms with E-state index in [1.54, 1.807) is 44.4 Å². The van der Waals surface area contributed by atoms with E-state index in [-0.39, 0.29) is 27.8 Å². The van der Waals surface area contributed by atoms with E-state index >= 15 is 0 Å². The van der Waals surface area contributed by atoms with Crippen molar-refractivity contribution in [3.05, 3.63) is 107 Å². The minimum atomic E-state index is -4.19. The summed E-state index contributed by atoms with van der Waals surface area (Å²) in [6, 6.07) is 22.6. The molecule has 9 nitrogen and oxygen atoms in total. The summed E-state index contributed by atoms with van der Waals surface area (Å²) in [5.41, 5.74) is 3.46. The van der Waals surface area contributed by atoms with Gasteiger partial charge in [-0.3, -0.25) is 9.52 Å². The molecular weight excluding hydrogens is 557 g/mol. The predicted molar refractivity (Wildman–Crippen MR) is 162 cm³/mol. The number of aromatic nitrogens is 2. The lowest BCUT2D eigenvalue weighted by Gasteiger charge is -2.15. The summed E-state index contributed by atoms with van der Waals surface area (Å²) >= 11 is 0. The standard InChI is InChI=1S/C31H28FN5O4S/c1-4-20-14-23(17-24(15-20)41-3)33-29-30(36-28-11-6-5-10-27(28)35-29)37-42(39,40)25-9-7-8-22(18-25)34-31(38)21-13-12-19(2)26(32)16-21/h5-18H,4H2,1-3H3,(H,33,35)(H,34,38)(H,36,37). The van der Waals surface area contributed by atoms with E-state index in [0.717, 1.165) is 18.1 Å². The van der Waals surface area contributed by atoms with Crippen molar-refractivity contribution < 1.29 is 22.3 Å². The van der Waals surface area contributed by atoms with Crippen LogP contribution in [0.3, 0.4) is 0 Å². The fraction of sp³-hybridized carbons (Fsp3) is 0.129. The van der Waals surface area contributed by atoms with Gasteiger partial charge in [-0.05, 0) is 79.1 Å². The van der Waals surface area contributed by atoms with E-state index in [1.165, 1.54) is 30.3 Å². The van der Waals surface area contributed by atoms with Gasteiger partial charge in [0.05, 0.1) is 23.0 Å². The summed E-state index contributed by atoms with van der Waals surface area (Å²) in [7, 11) is -2.61. The molecule has 1 amide bonds. The molecular formula is C31H28FN5O4S. The molecule has 1 heterocycles. The Kier molecular flexibility index (Phi) is 8.03. The zero-order valence-electron chi connectivity index (χ0n) is 23.1. The maximum absolute atomic E-state index is 14.0. The van der Waals surface area contributed by atoms with Crippen molar-refractivity contribution in [1.29, 1.82) is 0 Å². The second-order valence-electron chi connectivity index (χ2n) is 9.51. The third-order valence-corrected chi connectivity index (χ3v) is 7.85. The first-order chi connectivity index (χ1) is 20.1. The number of sulfonamides is 1. The van der Waals surface area contributed by atoms with Crippen molar-refractivity contribution >= 4 is 50.0 Å². The first-order valence-electron chi connectivity index (χ1n) is 13.1. The van der Waals surface area contributed by atoms with Gasteiger partial charge in [-0.15, -0.1) is 0 Å². The van der Waals surface area contributed by atoms with Crippen molar-refractivity contribution in [3.63, 3.8) is 0 Å². The molecule has 5 aromatic rings. The van der Waals surface area contributed by atoms with Crippen molar-refractivity contribution in [2.24, 2.45) is 0 Å². The fourth-order valence-electron chi connectivity index (χ4n) is 4.21. The van der Waals surface area contributed by atoms with Crippen LogP contribution in [0.5, 0.6) is 5.75 Å². The molecule has 0 saturated carbocycles. The molecule has 0 atom stereocenters. The number of ether oxygens (including phenoxy) is 1. The van der Waals surface area contributed by atoms with Crippen LogP contribution in [0, 0.1) is 12.7 Å². The van der Waals surface area contributed by atoms with Crippen molar-refractivity contribution in [1.82, 2.24) is 9.97 Å². The zero-order chi connectivity index (χ0) is 29.9.